The maximum Gasteiger partial charge on any atom is 0.322 e. The van der Waals surface area contributed by atoms with E-state index in [2.05, 4.69) is 41.4 Å². The summed E-state index contributed by atoms with van der Waals surface area (Å²) >= 11 is 0. The Bertz CT molecular complexity index is 905. The molecule has 7 nitrogen and oxygen atoms in total. The third kappa shape index (κ3) is 6.25. The zero-order valence-electron chi connectivity index (χ0n) is 19.7. The Morgan fingerprint density at radius 1 is 1.00 bits per heavy atom. The fraction of sp³-hybridized carbons (Fsp3) is 0.500. The minimum atomic E-state index is -0.0127. The first-order valence-corrected chi connectivity index (χ1v) is 11.8. The Kier molecular flexibility index (Phi) is 8.20. The quantitative estimate of drug-likeness (QED) is 0.527. The van der Waals surface area contributed by atoms with Crippen molar-refractivity contribution in [3.8, 4) is 5.75 Å². The van der Waals surface area contributed by atoms with Crippen molar-refractivity contribution >= 4 is 11.7 Å². The summed E-state index contributed by atoms with van der Waals surface area (Å²) in [6.45, 7) is 7.13. The lowest BCUT2D eigenvalue weighted by Gasteiger charge is -2.34. The number of benzene rings is 2. The van der Waals surface area contributed by atoms with Gasteiger partial charge < -0.3 is 24.4 Å². The standard InChI is InChI=1S/C26H35N3O4/c1-20-5-3-4-6-21(20)11-12-28-18-24-17-23(28)19-29(24)26(30)27-22-7-9-25(10-8-22)33-16-15-32-14-13-31-2/h3-10,23-24H,11-19H2,1-2H3,(H,27,30). The molecule has 2 atom stereocenters. The highest BCUT2D eigenvalue weighted by Gasteiger charge is 2.44. The van der Waals surface area contributed by atoms with Gasteiger partial charge in [-0.25, -0.2) is 4.79 Å². The van der Waals surface area contributed by atoms with E-state index in [0.717, 1.165) is 43.9 Å². The van der Waals surface area contributed by atoms with Crippen molar-refractivity contribution in [3.05, 3.63) is 59.7 Å². The molecule has 33 heavy (non-hydrogen) atoms. The summed E-state index contributed by atoms with van der Waals surface area (Å²) in [6, 6.07) is 16.8. The molecule has 2 amide bonds. The van der Waals surface area contributed by atoms with E-state index in [4.69, 9.17) is 14.2 Å². The van der Waals surface area contributed by atoms with E-state index in [-0.39, 0.29) is 6.03 Å². The van der Waals surface area contributed by atoms with Crippen LogP contribution in [0.3, 0.4) is 0 Å². The largest absolute Gasteiger partial charge is 0.491 e. The molecule has 2 heterocycles. The molecule has 2 saturated heterocycles. The Morgan fingerprint density at radius 3 is 2.52 bits per heavy atom. The maximum absolute atomic E-state index is 12.9. The second-order valence-electron chi connectivity index (χ2n) is 8.78. The summed E-state index contributed by atoms with van der Waals surface area (Å²) < 4.78 is 16.0. The first-order valence-electron chi connectivity index (χ1n) is 11.8. The Labute approximate surface area is 196 Å². The Balaban J connectivity index is 1.18. The molecular weight excluding hydrogens is 418 g/mol. The van der Waals surface area contributed by atoms with Gasteiger partial charge in [-0.15, -0.1) is 0 Å². The van der Waals surface area contributed by atoms with E-state index in [1.807, 2.05) is 29.2 Å². The molecule has 2 aliphatic heterocycles. The van der Waals surface area contributed by atoms with Crippen molar-refractivity contribution < 1.29 is 19.0 Å². The number of hydrogen-bond acceptors (Lipinski definition) is 5. The summed E-state index contributed by atoms with van der Waals surface area (Å²) in [6.07, 6.45) is 2.14. The molecule has 2 bridgehead atoms. The fourth-order valence-electron chi connectivity index (χ4n) is 4.72. The minimum Gasteiger partial charge on any atom is -0.491 e. The average Bonchev–Trinajstić information content (AvgIpc) is 3.43. The number of fused-ring (bicyclic) bond motifs is 2. The number of carbonyl (C=O) groups excluding carboxylic acids is 1. The predicted molar refractivity (Wildman–Crippen MR) is 129 cm³/mol. The van der Waals surface area contributed by atoms with Crippen molar-refractivity contribution in [1.29, 1.82) is 0 Å². The number of methoxy groups -OCH3 is 1. The van der Waals surface area contributed by atoms with Crippen molar-refractivity contribution in [2.45, 2.75) is 31.8 Å². The molecule has 0 radical (unpaired) electrons. The van der Waals surface area contributed by atoms with Crippen LogP contribution in [-0.2, 0) is 15.9 Å². The molecule has 178 valence electrons. The van der Waals surface area contributed by atoms with Crippen molar-refractivity contribution in [1.82, 2.24) is 9.80 Å². The molecule has 2 fully saturated rings. The van der Waals surface area contributed by atoms with Gasteiger partial charge in [0.2, 0.25) is 0 Å². The highest BCUT2D eigenvalue weighted by molar-refractivity contribution is 5.90. The number of likely N-dealkylation sites (tertiary alicyclic amines) is 2. The summed E-state index contributed by atoms with van der Waals surface area (Å²) in [5.74, 6) is 0.757. The van der Waals surface area contributed by atoms with Crippen LogP contribution < -0.4 is 10.1 Å². The van der Waals surface area contributed by atoms with E-state index in [0.29, 0.717) is 38.5 Å². The summed E-state index contributed by atoms with van der Waals surface area (Å²) in [7, 11) is 1.65. The van der Waals surface area contributed by atoms with Crippen LogP contribution in [-0.4, -0.2) is 81.1 Å². The van der Waals surface area contributed by atoms with Gasteiger partial charge >= 0.3 is 6.03 Å². The number of hydrogen-bond donors (Lipinski definition) is 1. The second-order valence-corrected chi connectivity index (χ2v) is 8.78. The van der Waals surface area contributed by atoms with Gasteiger partial charge in [-0.2, -0.15) is 0 Å². The van der Waals surface area contributed by atoms with Gasteiger partial charge in [-0.05, 0) is 55.2 Å². The van der Waals surface area contributed by atoms with E-state index in [1.165, 1.54) is 11.1 Å². The topological polar surface area (TPSA) is 63.3 Å². The number of rotatable bonds is 11. The molecular formula is C26H35N3O4. The number of nitrogens with one attached hydrogen (secondary N) is 1. The van der Waals surface area contributed by atoms with Crippen LogP contribution in [0.4, 0.5) is 10.5 Å². The van der Waals surface area contributed by atoms with Crippen LogP contribution in [0, 0.1) is 6.92 Å². The van der Waals surface area contributed by atoms with Gasteiger partial charge in [0.1, 0.15) is 12.4 Å². The van der Waals surface area contributed by atoms with Crippen LogP contribution in [0.25, 0.3) is 0 Å². The fourth-order valence-corrected chi connectivity index (χ4v) is 4.72. The van der Waals surface area contributed by atoms with Gasteiger partial charge in [-0.1, -0.05) is 24.3 Å². The van der Waals surface area contributed by atoms with Gasteiger partial charge in [-0.3, -0.25) is 4.90 Å². The third-order valence-electron chi connectivity index (χ3n) is 6.58. The first kappa shape index (κ1) is 23.5. The molecule has 4 rings (SSSR count). The summed E-state index contributed by atoms with van der Waals surface area (Å²) in [4.78, 5) is 17.4. The molecule has 1 N–H and O–H groups in total. The minimum absolute atomic E-state index is 0.0127. The van der Waals surface area contributed by atoms with Crippen LogP contribution in [0.2, 0.25) is 0 Å². The molecule has 7 heteroatoms. The number of carbonyl (C=O) groups is 1. The number of ether oxygens (including phenoxy) is 3. The molecule has 2 aliphatic rings. The smallest absolute Gasteiger partial charge is 0.322 e. The van der Waals surface area contributed by atoms with E-state index < -0.39 is 0 Å². The molecule has 2 unspecified atom stereocenters. The zero-order chi connectivity index (χ0) is 23.0. The molecule has 0 aromatic heterocycles. The number of piperazine rings is 1. The highest BCUT2D eigenvalue weighted by Crippen LogP contribution is 2.31. The van der Waals surface area contributed by atoms with E-state index >= 15 is 0 Å². The van der Waals surface area contributed by atoms with Crippen LogP contribution in [0.15, 0.2) is 48.5 Å². The van der Waals surface area contributed by atoms with E-state index in [1.54, 1.807) is 7.11 Å². The first-order chi connectivity index (χ1) is 16.1. The van der Waals surface area contributed by atoms with Crippen LogP contribution >= 0.6 is 0 Å². The highest BCUT2D eigenvalue weighted by atomic mass is 16.5. The van der Waals surface area contributed by atoms with Gasteiger partial charge in [0, 0.05) is 44.5 Å². The molecule has 2 aromatic carbocycles. The van der Waals surface area contributed by atoms with Gasteiger partial charge in [0.15, 0.2) is 0 Å². The van der Waals surface area contributed by atoms with Crippen molar-refractivity contribution in [2.24, 2.45) is 0 Å². The lowest BCUT2D eigenvalue weighted by molar-refractivity contribution is 0.0544. The third-order valence-corrected chi connectivity index (χ3v) is 6.58. The average molecular weight is 454 g/mol. The Hall–Kier alpha value is -2.61. The van der Waals surface area contributed by atoms with Crippen molar-refractivity contribution in [2.75, 3.05) is 58.5 Å². The van der Waals surface area contributed by atoms with Crippen LogP contribution in [0.1, 0.15) is 17.5 Å². The molecule has 2 aromatic rings. The lowest BCUT2D eigenvalue weighted by Crippen LogP contribution is -2.50. The van der Waals surface area contributed by atoms with Crippen LogP contribution in [0.5, 0.6) is 5.75 Å². The normalized spacial score (nSPS) is 19.8. The molecule has 0 spiro atoms. The predicted octanol–water partition coefficient (Wildman–Crippen LogP) is 3.57. The Morgan fingerprint density at radius 2 is 1.79 bits per heavy atom. The summed E-state index contributed by atoms with van der Waals surface area (Å²) in [5, 5.41) is 3.04. The SMILES string of the molecule is COCCOCCOc1ccc(NC(=O)N2CC3CC2CN3CCc2ccccc2C)cc1. The number of urea groups is 1. The number of amides is 2. The molecule has 0 saturated carbocycles. The van der Waals surface area contributed by atoms with Gasteiger partial charge in [0.25, 0.3) is 0 Å². The van der Waals surface area contributed by atoms with Gasteiger partial charge in [0.05, 0.1) is 19.8 Å². The van der Waals surface area contributed by atoms with Crippen molar-refractivity contribution in [3.63, 3.8) is 0 Å². The monoisotopic (exact) mass is 453 g/mol. The second kappa shape index (κ2) is 11.5. The van der Waals surface area contributed by atoms with E-state index in [9.17, 15) is 4.79 Å². The summed E-state index contributed by atoms with van der Waals surface area (Å²) in [5.41, 5.74) is 3.55. The number of nitrogens with zero attached hydrogens (tertiary/aromatic N) is 2. The number of anilines is 1. The number of aryl methyl sites for hydroxylation is 1. The zero-order valence-corrected chi connectivity index (χ0v) is 19.7. The maximum atomic E-state index is 12.9. The molecule has 0 aliphatic carbocycles. The lowest BCUT2D eigenvalue weighted by atomic mass is 10.1.